The molecule has 3 heterocycles. The van der Waals surface area contributed by atoms with Crippen LogP contribution in [0.15, 0.2) is 53.7 Å². The molecule has 1 saturated heterocycles. The van der Waals surface area contributed by atoms with Crippen LogP contribution in [0.25, 0.3) is 5.65 Å². The van der Waals surface area contributed by atoms with Crippen LogP contribution in [0.1, 0.15) is 18.3 Å². The van der Waals surface area contributed by atoms with Gasteiger partial charge in [-0.2, -0.15) is 0 Å². The fourth-order valence-corrected chi connectivity index (χ4v) is 3.75. The van der Waals surface area contributed by atoms with E-state index >= 15 is 0 Å². The standard InChI is InChI=1S/C22H28N6O.HI/c1-3-23-22(24-15-18-16-28-17(2)7-6-10-21(28)25-18)27-13-11-26(12-14-27)19-8-4-5-9-20(19)29;/h4-10,16,29H,3,11-15H2,1-2H3,(H,23,24);1H. The molecule has 3 aromatic rings. The van der Waals surface area contributed by atoms with Crippen molar-refractivity contribution in [3.63, 3.8) is 0 Å². The molecule has 0 unspecified atom stereocenters. The second-order valence-electron chi connectivity index (χ2n) is 7.26. The van der Waals surface area contributed by atoms with Gasteiger partial charge in [-0.05, 0) is 38.1 Å². The lowest BCUT2D eigenvalue weighted by molar-refractivity contribution is 0.369. The van der Waals surface area contributed by atoms with Gasteiger partial charge >= 0.3 is 0 Å². The highest BCUT2D eigenvalue weighted by molar-refractivity contribution is 14.0. The Balaban J connectivity index is 0.00000256. The number of hydrogen-bond acceptors (Lipinski definition) is 4. The van der Waals surface area contributed by atoms with Crippen molar-refractivity contribution < 1.29 is 5.11 Å². The van der Waals surface area contributed by atoms with E-state index in [9.17, 15) is 5.11 Å². The number of fused-ring (bicyclic) bond motifs is 1. The summed E-state index contributed by atoms with van der Waals surface area (Å²) in [5, 5.41) is 13.5. The lowest BCUT2D eigenvalue weighted by Crippen LogP contribution is -2.52. The molecule has 30 heavy (non-hydrogen) atoms. The second-order valence-corrected chi connectivity index (χ2v) is 7.26. The summed E-state index contributed by atoms with van der Waals surface area (Å²) in [7, 11) is 0. The molecule has 0 spiro atoms. The molecule has 0 aliphatic carbocycles. The van der Waals surface area contributed by atoms with Crippen LogP contribution in [-0.4, -0.2) is 58.1 Å². The molecule has 1 aromatic carbocycles. The third-order valence-corrected chi connectivity index (χ3v) is 5.27. The summed E-state index contributed by atoms with van der Waals surface area (Å²) in [6.45, 7) is 8.92. The van der Waals surface area contributed by atoms with Crippen molar-refractivity contribution in [2.45, 2.75) is 20.4 Å². The number of aryl methyl sites for hydroxylation is 1. The van der Waals surface area contributed by atoms with Crippen molar-refractivity contribution in [1.82, 2.24) is 19.6 Å². The number of pyridine rings is 1. The number of piperazine rings is 1. The van der Waals surface area contributed by atoms with Gasteiger partial charge in [-0.15, -0.1) is 24.0 Å². The maximum absolute atomic E-state index is 10.1. The van der Waals surface area contributed by atoms with Crippen LogP contribution >= 0.6 is 24.0 Å². The summed E-state index contributed by atoms with van der Waals surface area (Å²) in [4.78, 5) is 14.0. The largest absolute Gasteiger partial charge is 0.506 e. The predicted molar refractivity (Wildman–Crippen MR) is 132 cm³/mol. The minimum absolute atomic E-state index is 0. The molecule has 0 amide bonds. The van der Waals surface area contributed by atoms with E-state index in [1.807, 2.05) is 30.3 Å². The van der Waals surface area contributed by atoms with Gasteiger partial charge in [0.2, 0.25) is 0 Å². The number of phenols is 1. The number of benzene rings is 1. The molecule has 1 fully saturated rings. The Morgan fingerprint density at radius 2 is 1.87 bits per heavy atom. The van der Waals surface area contributed by atoms with Gasteiger partial charge in [0.05, 0.1) is 17.9 Å². The number of aliphatic imine (C=N–C) groups is 1. The van der Waals surface area contributed by atoms with Crippen LogP contribution in [0.2, 0.25) is 0 Å². The molecule has 2 N–H and O–H groups in total. The summed E-state index contributed by atoms with van der Waals surface area (Å²) in [6, 6.07) is 13.6. The molecule has 1 aliphatic heterocycles. The van der Waals surface area contributed by atoms with E-state index < -0.39 is 0 Å². The summed E-state index contributed by atoms with van der Waals surface area (Å²) in [6.07, 6.45) is 2.06. The Labute approximate surface area is 194 Å². The van der Waals surface area contributed by atoms with E-state index in [0.717, 1.165) is 61.4 Å². The van der Waals surface area contributed by atoms with Crippen LogP contribution < -0.4 is 10.2 Å². The monoisotopic (exact) mass is 520 g/mol. The highest BCUT2D eigenvalue weighted by Gasteiger charge is 2.21. The van der Waals surface area contributed by atoms with Crippen molar-refractivity contribution in [2.24, 2.45) is 4.99 Å². The molecule has 0 radical (unpaired) electrons. The average Bonchev–Trinajstić information content (AvgIpc) is 3.16. The molecule has 4 rings (SSSR count). The number of anilines is 1. The molecular formula is C22H29IN6O. The van der Waals surface area contributed by atoms with Crippen molar-refractivity contribution in [1.29, 1.82) is 0 Å². The molecular weight excluding hydrogens is 491 g/mol. The van der Waals surface area contributed by atoms with Gasteiger partial charge < -0.3 is 24.6 Å². The smallest absolute Gasteiger partial charge is 0.194 e. The SMILES string of the molecule is CCNC(=NCc1cn2c(C)cccc2n1)N1CCN(c2ccccc2O)CC1.I. The van der Waals surface area contributed by atoms with Crippen LogP contribution in [-0.2, 0) is 6.54 Å². The first-order valence-corrected chi connectivity index (χ1v) is 10.2. The fourth-order valence-electron chi connectivity index (χ4n) is 3.75. The number of imidazole rings is 1. The first-order chi connectivity index (χ1) is 14.2. The van der Waals surface area contributed by atoms with E-state index in [2.05, 4.69) is 50.6 Å². The zero-order chi connectivity index (χ0) is 20.2. The normalized spacial score (nSPS) is 14.7. The minimum Gasteiger partial charge on any atom is -0.506 e. The number of nitrogens with zero attached hydrogens (tertiary/aromatic N) is 5. The van der Waals surface area contributed by atoms with Gasteiger partial charge in [-0.3, -0.25) is 0 Å². The van der Waals surface area contributed by atoms with Gasteiger partial charge in [0.15, 0.2) is 5.96 Å². The van der Waals surface area contributed by atoms with Gasteiger partial charge in [0.25, 0.3) is 0 Å². The van der Waals surface area contributed by atoms with E-state index in [-0.39, 0.29) is 24.0 Å². The van der Waals surface area contributed by atoms with Gasteiger partial charge in [0, 0.05) is 44.6 Å². The Bertz CT molecular complexity index is 1010. The minimum atomic E-state index is 0. The summed E-state index contributed by atoms with van der Waals surface area (Å²) in [5.41, 5.74) is 3.98. The fraction of sp³-hybridized carbons (Fsp3) is 0.364. The Morgan fingerprint density at radius 1 is 1.10 bits per heavy atom. The highest BCUT2D eigenvalue weighted by Crippen LogP contribution is 2.27. The highest BCUT2D eigenvalue weighted by atomic mass is 127. The molecule has 0 saturated carbocycles. The predicted octanol–water partition coefficient (Wildman–Crippen LogP) is 3.25. The van der Waals surface area contributed by atoms with Crippen molar-refractivity contribution >= 4 is 41.3 Å². The Kier molecular flexibility index (Phi) is 7.41. The molecule has 8 heteroatoms. The van der Waals surface area contributed by atoms with Gasteiger partial charge in [-0.1, -0.05) is 18.2 Å². The number of hydrogen-bond donors (Lipinski definition) is 2. The maximum atomic E-state index is 10.1. The lowest BCUT2D eigenvalue weighted by atomic mass is 10.2. The van der Waals surface area contributed by atoms with Crippen LogP contribution in [0.4, 0.5) is 5.69 Å². The molecule has 0 atom stereocenters. The number of aromatic nitrogens is 2. The number of phenolic OH excluding ortho intramolecular Hbond substituents is 1. The molecule has 2 aromatic heterocycles. The van der Waals surface area contributed by atoms with Gasteiger partial charge in [0.1, 0.15) is 11.4 Å². The van der Waals surface area contributed by atoms with Crippen molar-refractivity contribution in [3.8, 4) is 5.75 Å². The van der Waals surface area contributed by atoms with Crippen LogP contribution in [0.3, 0.4) is 0 Å². The Morgan fingerprint density at radius 3 is 2.57 bits per heavy atom. The Hall–Kier alpha value is -2.49. The van der Waals surface area contributed by atoms with E-state index in [0.29, 0.717) is 12.3 Å². The third kappa shape index (κ3) is 4.80. The van der Waals surface area contributed by atoms with E-state index in [4.69, 9.17) is 4.99 Å². The average molecular weight is 520 g/mol. The number of rotatable bonds is 4. The number of guanidine groups is 1. The van der Waals surface area contributed by atoms with E-state index in [1.54, 1.807) is 6.07 Å². The van der Waals surface area contributed by atoms with Gasteiger partial charge in [-0.25, -0.2) is 9.98 Å². The summed E-state index contributed by atoms with van der Waals surface area (Å²) >= 11 is 0. The maximum Gasteiger partial charge on any atom is 0.194 e. The second kappa shape index (κ2) is 10.0. The first kappa shape index (κ1) is 22.2. The van der Waals surface area contributed by atoms with Crippen LogP contribution in [0.5, 0.6) is 5.75 Å². The quantitative estimate of drug-likeness (QED) is 0.314. The first-order valence-electron chi connectivity index (χ1n) is 10.2. The van der Waals surface area contributed by atoms with Crippen molar-refractivity contribution in [3.05, 3.63) is 60.0 Å². The zero-order valence-electron chi connectivity index (χ0n) is 17.5. The zero-order valence-corrected chi connectivity index (χ0v) is 19.8. The molecule has 0 bridgehead atoms. The molecule has 160 valence electrons. The van der Waals surface area contributed by atoms with E-state index in [1.165, 1.54) is 0 Å². The number of halogens is 1. The number of aromatic hydroxyl groups is 1. The third-order valence-electron chi connectivity index (χ3n) is 5.27. The molecule has 1 aliphatic rings. The summed E-state index contributed by atoms with van der Waals surface area (Å²) in [5.74, 6) is 1.25. The summed E-state index contributed by atoms with van der Waals surface area (Å²) < 4.78 is 2.10. The van der Waals surface area contributed by atoms with Crippen molar-refractivity contribution in [2.75, 3.05) is 37.6 Å². The number of nitrogens with one attached hydrogen (secondary N) is 1. The van der Waals surface area contributed by atoms with Crippen LogP contribution in [0, 0.1) is 6.92 Å². The topological polar surface area (TPSA) is 68.4 Å². The molecule has 7 nitrogen and oxygen atoms in total. The number of para-hydroxylation sites is 2. The lowest BCUT2D eigenvalue weighted by Gasteiger charge is -2.37.